The Bertz CT molecular complexity index is 3570. The summed E-state index contributed by atoms with van der Waals surface area (Å²) in [4.78, 5) is 59.1. The first-order valence-corrected chi connectivity index (χ1v) is 23.0. The summed E-state index contributed by atoms with van der Waals surface area (Å²) in [5, 5.41) is 6.02. The lowest BCUT2D eigenvalue weighted by Crippen LogP contribution is -2.24. The number of hydrogen-bond donors (Lipinski definition) is 4. The molecule has 0 aliphatic carbocycles. The predicted octanol–water partition coefficient (Wildman–Crippen LogP) is 7.77. The highest BCUT2D eigenvalue weighted by atomic mass is 16.5. The Morgan fingerprint density at radius 2 is 0.871 bits per heavy atom. The van der Waals surface area contributed by atoms with Gasteiger partial charge in [-0.15, -0.1) is 0 Å². The van der Waals surface area contributed by atoms with E-state index in [1.807, 2.05) is 125 Å². The molecule has 4 aliphatic rings. The van der Waals surface area contributed by atoms with Crippen molar-refractivity contribution in [2.75, 3.05) is 11.5 Å². The van der Waals surface area contributed by atoms with Crippen LogP contribution in [0.2, 0.25) is 0 Å². The molecule has 2 amide bonds. The molecular weight excluding hydrogens is 881 g/mol. The Balaban J connectivity index is 0.000000152. The number of amides is 2. The number of nitrogens with one attached hydrogen (secondary N) is 2. The van der Waals surface area contributed by atoms with Gasteiger partial charge in [-0.05, 0) is 167 Å². The molecule has 14 heteroatoms. The second-order valence-electron chi connectivity index (χ2n) is 18.1. The van der Waals surface area contributed by atoms with Gasteiger partial charge in [-0.1, -0.05) is 36.4 Å². The number of anilines is 2. The fourth-order valence-corrected chi connectivity index (χ4v) is 10.4. The molecule has 4 aliphatic heterocycles. The first-order valence-electron chi connectivity index (χ1n) is 23.0. The molecule has 4 bridgehead atoms. The molecule has 12 rings (SSSR count). The molecule has 0 saturated heterocycles. The van der Waals surface area contributed by atoms with E-state index in [2.05, 4.69) is 20.6 Å². The monoisotopic (exact) mass is 928 g/mol. The zero-order chi connectivity index (χ0) is 48.5. The van der Waals surface area contributed by atoms with Crippen molar-refractivity contribution in [2.45, 2.75) is 65.2 Å². The number of pyridine rings is 4. The molecular formula is C56H48N8O6. The number of nitrogens with zero attached hydrogens (tertiary/aromatic N) is 4. The normalized spacial score (nSPS) is 17.2. The quantitative estimate of drug-likeness (QED) is 0.117. The van der Waals surface area contributed by atoms with Crippen LogP contribution in [0.25, 0.3) is 11.4 Å². The van der Waals surface area contributed by atoms with Gasteiger partial charge in [0.25, 0.3) is 22.9 Å². The highest BCUT2D eigenvalue weighted by Crippen LogP contribution is 2.56. The molecule has 348 valence electrons. The van der Waals surface area contributed by atoms with E-state index < -0.39 is 0 Å². The second kappa shape index (κ2) is 17.3. The van der Waals surface area contributed by atoms with Crippen LogP contribution in [0.15, 0.2) is 143 Å². The van der Waals surface area contributed by atoms with Crippen LogP contribution in [0.4, 0.5) is 11.6 Å². The minimum absolute atomic E-state index is 0.0762. The minimum Gasteiger partial charge on any atom is -0.384 e. The predicted molar refractivity (Wildman–Crippen MR) is 265 cm³/mol. The molecule has 4 aromatic heterocycles. The highest BCUT2D eigenvalue weighted by Gasteiger charge is 2.44. The maximum atomic E-state index is 13.0. The van der Waals surface area contributed by atoms with Gasteiger partial charge in [0.15, 0.2) is 0 Å². The number of rotatable bonds is 8. The van der Waals surface area contributed by atoms with Crippen molar-refractivity contribution in [1.82, 2.24) is 29.7 Å². The number of carbonyl (C=O) groups is 2. The van der Waals surface area contributed by atoms with Crippen molar-refractivity contribution in [1.29, 1.82) is 0 Å². The SMILES string of the molecule is Cc1cc(N)nc(C)c1CNC(=O)c1ccc2c(c1)C1OC2c2cc(-n3ccccc3=O)ccc21.Cc1cc(N)nc(C)c1CNC(=O)c1ccc2c(c1)C1OC2c2ccc(-n3ccccc3=O)cc21. The van der Waals surface area contributed by atoms with Crippen molar-refractivity contribution >= 4 is 23.5 Å². The van der Waals surface area contributed by atoms with E-state index in [-0.39, 0.29) is 47.3 Å². The molecule has 14 nitrogen and oxygen atoms in total. The molecule has 0 spiro atoms. The Morgan fingerprint density at radius 1 is 0.500 bits per heavy atom. The van der Waals surface area contributed by atoms with Crippen LogP contribution in [0, 0.1) is 27.7 Å². The van der Waals surface area contributed by atoms with Gasteiger partial charge >= 0.3 is 0 Å². The van der Waals surface area contributed by atoms with Gasteiger partial charge in [0.05, 0.1) is 0 Å². The number of ether oxygens (including phenoxy) is 2. The van der Waals surface area contributed by atoms with Crippen molar-refractivity contribution in [3.63, 3.8) is 0 Å². The summed E-state index contributed by atoms with van der Waals surface area (Å²) >= 11 is 0. The second-order valence-corrected chi connectivity index (χ2v) is 18.1. The molecule has 4 atom stereocenters. The molecule has 4 aromatic carbocycles. The van der Waals surface area contributed by atoms with Crippen LogP contribution in [0.1, 0.15) is 123 Å². The molecule has 0 saturated carbocycles. The zero-order valence-corrected chi connectivity index (χ0v) is 38.8. The maximum Gasteiger partial charge on any atom is 0.255 e. The first-order chi connectivity index (χ1) is 33.8. The topological polar surface area (TPSA) is 198 Å². The molecule has 8 aromatic rings. The van der Waals surface area contributed by atoms with E-state index in [0.29, 0.717) is 35.9 Å². The Kier molecular flexibility index (Phi) is 10.9. The zero-order valence-electron chi connectivity index (χ0n) is 38.8. The molecule has 70 heavy (non-hydrogen) atoms. The smallest absolute Gasteiger partial charge is 0.255 e. The fourth-order valence-electron chi connectivity index (χ4n) is 10.4. The van der Waals surface area contributed by atoms with Crippen LogP contribution in [-0.2, 0) is 22.6 Å². The van der Waals surface area contributed by atoms with E-state index in [9.17, 15) is 19.2 Å². The Labute approximate surface area is 402 Å². The van der Waals surface area contributed by atoms with Gasteiger partial charge in [0, 0.05) is 71.5 Å². The Hall–Kier alpha value is -8.46. The summed E-state index contributed by atoms with van der Waals surface area (Å²) in [7, 11) is 0. The third-order valence-corrected chi connectivity index (χ3v) is 13.8. The Morgan fingerprint density at radius 3 is 1.27 bits per heavy atom. The summed E-state index contributed by atoms with van der Waals surface area (Å²) < 4.78 is 15.8. The lowest BCUT2D eigenvalue weighted by atomic mass is 9.85. The molecule has 8 heterocycles. The van der Waals surface area contributed by atoms with Gasteiger partial charge < -0.3 is 31.6 Å². The number of benzene rings is 4. The van der Waals surface area contributed by atoms with Gasteiger partial charge in [-0.2, -0.15) is 0 Å². The van der Waals surface area contributed by atoms with Crippen LogP contribution in [0.5, 0.6) is 0 Å². The number of fused-ring (bicyclic) bond motifs is 16. The van der Waals surface area contributed by atoms with Crippen molar-refractivity contribution < 1.29 is 19.1 Å². The summed E-state index contributed by atoms with van der Waals surface area (Å²) in [5.74, 6) is 0.651. The average molecular weight is 929 g/mol. The molecule has 6 N–H and O–H groups in total. The maximum absolute atomic E-state index is 13.0. The van der Waals surface area contributed by atoms with E-state index in [1.54, 1.807) is 45.8 Å². The summed E-state index contributed by atoms with van der Waals surface area (Å²) in [6, 6.07) is 37.3. The van der Waals surface area contributed by atoms with Crippen LogP contribution < -0.4 is 33.2 Å². The third kappa shape index (κ3) is 7.63. The van der Waals surface area contributed by atoms with Crippen LogP contribution in [0.3, 0.4) is 0 Å². The van der Waals surface area contributed by atoms with Crippen molar-refractivity contribution in [3.05, 3.63) is 244 Å². The van der Waals surface area contributed by atoms with E-state index in [0.717, 1.165) is 89.5 Å². The number of aryl methyl sites for hydroxylation is 4. The number of nitrogens with two attached hydrogens (primary N) is 2. The molecule has 0 fully saturated rings. The number of carbonyl (C=O) groups excluding carboxylic acids is 2. The lowest BCUT2D eigenvalue weighted by Gasteiger charge is -2.18. The van der Waals surface area contributed by atoms with Gasteiger partial charge in [0.2, 0.25) is 0 Å². The van der Waals surface area contributed by atoms with Crippen LogP contribution in [-0.4, -0.2) is 30.9 Å². The summed E-state index contributed by atoms with van der Waals surface area (Å²) in [6.45, 7) is 8.47. The minimum atomic E-state index is -0.261. The third-order valence-electron chi connectivity index (χ3n) is 13.8. The number of hydrogen-bond acceptors (Lipinski definition) is 10. The number of aromatic nitrogens is 4. The number of nitrogen functional groups attached to an aromatic ring is 2. The summed E-state index contributed by atoms with van der Waals surface area (Å²) in [6.07, 6.45) is 2.69. The molecule has 4 unspecified atom stereocenters. The molecule has 0 radical (unpaired) electrons. The first kappa shape index (κ1) is 44.1. The average Bonchev–Trinajstić information content (AvgIpc) is 4.12. The standard InChI is InChI=1S/2C28H24N4O3/c1-15-11-24(29)31-16(2)23(15)14-30-28(34)17-6-8-19-21(12-17)26-20-9-7-18(13-22(20)27(19)35-26)32-10-4-3-5-25(32)33;1-15-11-24(29)31-16(2)23(15)14-30-28(34)17-6-8-19-21(12-17)27-22-13-18(7-9-20(22)26(19)35-27)32-10-4-3-5-25(32)33/h2*3-13,26-27H,14H2,1-2H3,(H2,29,31)(H,30,34). The lowest BCUT2D eigenvalue weighted by molar-refractivity contribution is 0.0855. The summed E-state index contributed by atoms with van der Waals surface area (Å²) in [5.41, 5.74) is 28.2. The van der Waals surface area contributed by atoms with Crippen molar-refractivity contribution in [2.24, 2.45) is 0 Å². The van der Waals surface area contributed by atoms with Gasteiger partial charge in [0.1, 0.15) is 36.1 Å². The van der Waals surface area contributed by atoms with E-state index >= 15 is 0 Å². The highest BCUT2D eigenvalue weighted by molar-refractivity contribution is 5.95. The van der Waals surface area contributed by atoms with E-state index in [1.165, 1.54) is 0 Å². The largest absolute Gasteiger partial charge is 0.384 e. The van der Waals surface area contributed by atoms with E-state index in [4.69, 9.17) is 20.9 Å². The fraction of sp³-hybridized carbons (Fsp3) is 0.179. The van der Waals surface area contributed by atoms with Gasteiger partial charge in [-0.25, -0.2) is 9.97 Å². The van der Waals surface area contributed by atoms with Gasteiger partial charge in [-0.3, -0.25) is 28.3 Å². The van der Waals surface area contributed by atoms with Crippen molar-refractivity contribution in [3.8, 4) is 11.4 Å². The van der Waals surface area contributed by atoms with Crippen LogP contribution >= 0.6 is 0 Å².